The van der Waals surface area contributed by atoms with Gasteiger partial charge in [-0.1, -0.05) is 5.16 Å². The summed E-state index contributed by atoms with van der Waals surface area (Å²) in [7, 11) is 0. The van der Waals surface area contributed by atoms with E-state index in [9.17, 15) is 0 Å². The molecule has 7 nitrogen and oxygen atoms in total. The summed E-state index contributed by atoms with van der Waals surface area (Å²) in [6.45, 7) is 9.23. The number of nitrogens with one attached hydrogen (secondary N) is 1. The number of anilines is 1. The Kier molecular flexibility index (Phi) is 4.65. The number of aryl methyl sites for hydroxylation is 2. The molecule has 0 aliphatic carbocycles. The lowest BCUT2D eigenvalue weighted by Gasteiger charge is -2.26. The molecule has 2 aromatic rings. The first-order valence-corrected chi connectivity index (χ1v) is 7.54. The molecule has 0 amide bonds. The third-order valence-corrected chi connectivity index (χ3v) is 3.75. The van der Waals surface area contributed by atoms with Gasteiger partial charge in [-0.2, -0.15) is 0 Å². The van der Waals surface area contributed by atoms with E-state index < -0.39 is 0 Å². The highest BCUT2D eigenvalue weighted by Gasteiger charge is 2.14. The summed E-state index contributed by atoms with van der Waals surface area (Å²) in [5, 5.41) is 7.30. The Morgan fingerprint density at radius 1 is 1.27 bits per heavy atom. The van der Waals surface area contributed by atoms with Crippen molar-refractivity contribution in [3.8, 4) is 11.4 Å². The summed E-state index contributed by atoms with van der Waals surface area (Å²) in [6, 6.07) is 1.88. The van der Waals surface area contributed by atoms with Crippen molar-refractivity contribution in [2.24, 2.45) is 0 Å². The molecule has 1 aliphatic heterocycles. The number of ether oxygens (including phenoxy) is 1. The van der Waals surface area contributed by atoms with E-state index in [0.717, 1.165) is 62.2 Å². The molecule has 0 spiro atoms. The van der Waals surface area contributed by atoms with Gasteiger partial charge in [-0.05, 0) is 19.9 Å². The van der Waals surface area contributed by atoms with Gasteiger partial charge in [-0.15, -0.1) is 0 Å². The minimum absolute atomic E-state index is 0.646. The summed E-state index contributed by atoms with van der Waals surface area (Å²) in [6.07, 6.45) is 1.76. The van der Waals surface area contributed by atoms with Crippen molar-refractivity contribution in [2.45, 2.75) is 13.8 Å². The Hall–Kier alpha value is -1.99. The molecule has 118 valence electrons. The Bertz CT molecular complexity index is 603. The molecule has 1 fully saturated rings. The third kappa shape index (κ3) is 3.42. The molecule has 3 rings (SSSR count). The molecule has 3 heterocycles. The Balaban J connectivity index is 1.62. The molecule has 1 N–H and O–H groups in total. The lowest BCUT2D eigenvalue weighted by molar-refractivity contribution is 0.0398. The summed E-state index contributed by atoms with van der Waals surface area (Å²) in [4.78, 5) is 11.3. The van der Waals surface area contributed by atoms with E-state index in [1.165, 1.54) is 0 Å². The van der Waals surface area contributed by atoms with E-state index in [4.69, 9.17) is 9.26 Å². The fourth-order valence-electron chi connectivity index (χ4n) is 2.55. The van der Waals surface area contributed by atoms with Crippen LogP contribution in [0.5, 0.6) is 0 Å². The first-order valence-electron chi connectivity index (χ1n) is 7.54. The van der Waals surface area contributed by atoms with E-state index in [-0.39, 0.29) is 0 Å². The second-order valence-corrected chi connectivity index (χ2v) is 5.35. The summed E-state index contributed by atoms with van der Waals surface area (Å²) < 4.78 is 10.5. The van der Waals surface area contributed by atoms with E-state index in [1.807, 2.05) is 19.9 Å². The second-order valence-electron chi connectivity index (χ2n) is 5.35. The summed E-state index contributed by atoms with van der Waals surface area (Å²) in [5.41, 5.74) is 1.68. The fourth-order valence-corrected chi connectivity index (χ4v) is 2.55. The zero-order valence-corrected chi connectivity index (χ0v) is 13.0. The van der Waals surface area contributed by atoms with Crippen LogP contribution in [0.25, 0.3) is 11.4 Å². The van der Waals surface area contributed by atoms with Gasteiger partial charge in [0.15, 0.2) is 5.82 Å². The normalized spacial score (nSPS) is 15.9. The van der Waals surface area contributed by atoms with Gasteiger partial charge in [-0.3, -0.25) is 4.90 Å². The fraction of sp³-hybridized carbons (Fsp3) is 0.533. The number of morpholine rings is 1. The predicted molar refractivity (Wildman–Crippen MR) is 82.8 cm³/mol. The van der Waals surface area contributed by atoms with Gasteiger partial charge >= 0.3 is 0 Å². The highest BCUT2D eigenvalue weighted by Crippen LogP contribution is 2.23. The van der Waals surface area contributed by atoms with Crippen molar-refractivity contribution in [3.63, 3.8) is 0 Å². The highest BCUT2D eigenvalue weighted by molar-refractivity contribution is 5.61. The maximum atomic E-state index is 5.35. The van der Waals surface area contributed by atoms with Gasteiger partial charge in [-0.25, -0.2) is 9.97 Å². The first kappa shape index (κ1) is 14.9. The smallest absolute Gasteiger partial charge is 0.166 e. The van der Waals surface area contributed by atoms with E-state index in [1.54, 1.807) is 6.20 Å². The molecule has 0 bridgehead atoms. The zero-order valence-electron chi connectivity index (χ0n) is 13.0. The van der Waals surface area contributed by atoms with Gasteiger partial charge in [0, 0.05) is 32.4 Å². The van der Waals surface area contributed by atoms with Crippen molar-refractivity contribution in [2.75, 3.05) is 44.7 Å². The molecule has 0 saturated carbocycles. The maximum Gasteiger partial charge on any atom is 0.166 e. The number of nitrogens with zero attached hydrogens (tertiary/aromatic N) is 4. The third-order valence-electron chi connectivity index (χ3n) is 3.75. The molecular weight excluding hydrogens is 282 g/mol. The number of aromatic nitrogens is 3. The second kappa shape index (κ2) is 6.85. The van der Waals surface area contributed by atoms with Crippen LogP contribution in [0.4, 0.5) is 5.82 Å². The summed E-state index contributed by atoms with van der Waals surface area (Å²) in [5.74, 6) is 2.20. The van der Waals surface area contributed by atoms with Gasteiger partial charge in [0.05, 0.1) is 24.5 Å². The van der Waals surface area contributed by atoms with Crippen LogP contribution >= 0.6 is 0 Å². The first-order chi connectivity index (χ1) is 10.7. The number of rotatable bonds is 5. The largest absolute Gasteiger partial charge is 0.379 e. The zero-order chi connectivity index (χ0) is 15.4. The van der Waals surface area contributed by atoms with Crippen LogP contribution in [0.15, 0.2) is 16.8 Å². The van der Waals surface area contributed by atoms with Crippen LogP contribution in [0.3, 0.4) is 0 Å². The lowest BCUT2D eigenvalue weighted by atomic mass is 10.2. The van der Waals surface area contributed by atoms with Crippen LogP contribution < -0.4 is 5.32 Å². The highest BCUT2D eigenvalue weighted by atomic mass is 16.5. The van der Waals surface area contributed by atoms with Crippen molar-refractivity contribution < 1.29 is 9.26 Å². The summed E-state index contributed by atoms with van der Waals surface area (Å²) >= 11 is 0. The van der Waals surface area contributed by atoms with Crippen molar-refractivity contribution in [1.82, 2.24) is 20.0 Å². The average Bonchev–Trinajstić information content (AvgIpc) is 2.88. The van der Waals surface area contributed by atoms with Crippen LogP contribution in [0.1, 0.15) is 11.5 Å². The van der Waals surface area contributed by atoms with Crippen molar-refractivity contribution in [1.29, 1.82) is 0 Å². The minimum Gasteiger partial charge on any atom is -0.379 e. The van der Waals surface area contributed by atoms with E-state index >= 15 is 0 Å². The quantitative estimate of drug-likeness (QED) is 0.896. The molecule has 22 heavy (non-hydrogen) atoms. The number of hydrogen-bond acceptors (Lipinski definition) is 7. The van der Waals surface area contributed by atoms with Crippen LogP contribution in [0, 0.1) is 13.8 Å². The topological polar surface area (TPSA) is 76.3 Å². The van der Waals surface area contributed by atoms with E-state index in [0.29, 0.717) is 5.82 Å². The van der Waals surface area contributed by atoms with Crippen LogP contribution in [-0.4, -0.2) is 59.4 Å². The Morgan fingerprint density at radius 3 is 2.82 bits per heavy atom. The Labute approximate surface area is 129 Å². The van der Waals surface area contributed by atoms with Crippen LogP contribution in [0.2, 0.25) is 0 Å². The molecule has 7 heteroatoms. The minimum atomic E-state index is 0.646. The maximum absolute atomic E-state index is 5.35. The van der Waals surface area contributed by atoms with Crippen molar-refractivity contribution in [3.05, 3.63) is 23.7 Å². The molecule has 0 atom stereocenters. The van der Waals surface area contributed by atoms with Crippen molar-refractivity contribution >= 4 is 5.82 Å². The van der Waals surface area contributed by atoms with Crippen LogP contribution in [-0.2, 0) is 4.74 Å². The van der Waals surface area contributed by atoms with E-state index in [2.05, 4.69) is 25.3 Å². The Morgan fingerprint density at radius 2 is 2.09 bits per heavy atom. The van der Waals surface area contributed by atoms with Gasteiger partial charge in [0.25, 0.3) is 0 Å². The molecule has 1 aliphatic rings. The van der Waals surface area contributed by atoms with Gasteiger partial charge < -0.3 is 14.6 Å². The lowest BCUT2D eigenvalue weighted by Crippen LogP contribution is -2.39. The standard InChI is InChI=1S/C15H21N5O2/c1-11-14(12(2)22-19-11)15-17-4-3-13(18-15)16-5-6-20-7-9-21-10-8-20/h3-4H,5-10H2,1-2H3,(H,16,17,18). The SMILES string of the molecule is Cc1noc(C)c1-c1nccc(NCCN2CCOCC2)n1. The molecule has 0 aromatic carbocycles. The van der Waals surface area contributed by atoms with Gasteiger partial charge in [0.2, 0.25) is 0 Å². The average molecular weight is 303 g/mol. The number of hydrogen-bond donors (Lipinski definition) is 1. The molecule has 0 radical (unpaired) electrons. The molecule has 2 aromatic heterocycles. The molecule has 1 saturated heterocycles. The van der Waals surface area contributed by atoms with Gasteiger partial charge in [0.1, 0.15) is 11.6 Å². The molecule has 0 unspecified atom stereocenters. The predicted octanol–water partition coefficient (Wildman–Crippen LogP) is 1.49. The molecular formula is C15H21N5O2. The monoisotopic (exact) mass is 303 g/mol.